The van der Waals surface area contributed by atoms with Gasteiger partial charge in [-0.1, -0.05) is 11.6 Å². The molecule has 0 fully saturated rings. The van der Waals surface area contributed by atoms with Crippen LogP contribution < -0.4 is 10.5 Å². The van der Waals surface area contributed by atoms with Gasteiger partial charge in [-0.05, 0) is 26.0 Å². The first-order valence-electron chi connectivity index (χ1n) is 4.29. The number of nitrogens with two attached hydrogens (primary N) is 1. The minimum Gasteiger partial charge on any atom is -0.492 e. The number of hydrogen-bond acceptors (Lipinski definition) is 3. The summed E-state index contributed by atoms with van der Waals surface area (Å²) >= 11 is 5.87. The summed E-state index contributed by atoms with van der Waals surface area (Å²) in [6, 6.07) is 3.10. The molecule has 0 radical (unpaired) electrons. The minimum absolute atomic E-state index is 0.0971. The van der Waals surface area contributed by atoms with Crippen molar-refractivity contribution in [3.05, 3.63) is 22.7 Å². The summed E-state index contributed by atoms with van der Waals surface area (Å²) in [7, 11) is 0. The third kappa shape index (κ3) is 2.17. The largest absolute Gasteiger partial charge is 0.492 e. The van der Waals surface area contributed by atoms with Crippen LogP contribution >= 0.6 is 11.6 Å². The lowest BCUT2D eigenvalue weighted by molar-refractivity contribution is 0.101. The number of nitrogen functional groups attached to an aromatic ring is 1. The highest BCUT2D eigenvalue weighted by atomic mass is 35.5. The van der Waals surface area contributed by atoms with Crippen molar-refractivity contribution in [1.82, 2.24) is 0 Å². The predicted octanol–water partition coefficient (Wildman–Crippen LogP) is 2.52. The number of ether oxygens (including phenoxy) is 1. The highest BCUT2D eigenvalue weighted by molar-refractivity contribution is 6.32. The summed E-state index contributed by atoms with van der Waals surface area (Å²) in [5, 5.41) is 0.425. The molecule has 0 aliphatic carbocycles. The van der Waals surface area contributed by atoms with E-state index in [9.17, 15) is 4.79 Å². The lowest BCUT2D eigenvalue weighted by atomic mass is 10.1. The molecule has 0 saturated heterocycles. The van der Waals surface area contributed by atoms with E-state index in [0.717, 1.165) is 0 Å². The molecule has 0 heterocycles. The fraction of sp³-hybridized carbons (Fsp3) is 0.300. The maximum atomic E-state index is 11.2. The molecule has 0 saturated carbocycles. The van der Waals surface area contributed by atoms with Crippen LogP contribution in [0.1, 0.15) is 24.2 Å². The van der Waals surface area contributed by atoms with Crippen LogP contribution in [0.5, 0.6) is 5.75 Å². The number of hydrogen-bond donors (Lipinski definition) is 1. The second-order valence-corrected chi connectivity index (χ2v) is 3.27. The number of anilines is 1. The average molecular weight is 214 g/mol. The summed E-state index contributed by atoms with van der Waals surface area (Å²) < 4.78 is 5.24. The smallest absolute Gasteiger partial charge is 0.162 e. The van der Waals surface area contributed by atoms with Gasteiger partial charge in [0.2, 0.25) is 0 Å². The highest BCUT2D eigenvalue weighted by Crippen LogP contribution is 2.29. The van der Waals surface area contributed by atoms with Crippen LogP contribution in [-0.2, 0) is 0 Å². The molecular formula is C10H12ClNO2. The number of Topliss-reactive ketones (excluding diaryl/α,β-unsaturated/α-hetero) is 1. The molecule has 1 aromatic carbocycles. The average Bonchev–Trinajstić information content (AvgIpc) is 2.09. The molecule has 0 aliphatic heterocycles. The Bertz CT molecular complexity index is 363. The van der Waals surface area contributed by atoms with Crippen LogP contribution in [0, 0.1) is 0 Å². The predicted molar refractivity (Wildman–Crippen MR) is 57.0 cm³/mol. The number of ketones is 1. The van der Waals surface area contributed by atoms with E-state index in [1.807, 2.05) is 6.92 Å². The fourth-order valence-corrected chi connectivity index (χ4v) is 1.37. The number of benzene rings is 1. The number of carbonyl (C=O) groups is 1. The molecule has 2 N–H and O–H groups in total. The van der Waals surface area contributed by atoms with E-state index in [1.54, 1.807) is 6.07 Å². The second-order valence-electron chi connectivity index (χ2n) is 2.86. The molecule has 0 aromatic heterocycles. The van der Waals surface area contributed by atoms with E-state index in [4.69, 9.17) is 22.1 Å². The van der Waals surface area contributed by atoms with E-state index < -0.39 is 0 Å². The van der Waals surface area contributed by atoms with Gasteiger partial charge < -0.3 is 10.5 Å². The first-order chi connectivity index (χ1) is 6.56. The van der Waals surface area contributed by atoms with E-state index in [2.05, 4.69) is 0 Å². The van der Waals surface area contributed by atoms with E-state index >= 15 is 0 Å². The standard InChI is InChI=1S/C10H12ClNO2/c1-3-14-10-4-7(6(2)13)9(12)5-8(10)11/h4-5H,3,12H2,1-2H3. The summed E-state index contributed by atoms with van der Waals surface area (Å²) in [5.74, 6) is 0.397. The second kappa shape index (κ2) is 4.33. The first-order valence-corrected chi connectivity index (χ1v) is 4.66. The van der Waals surface area contributed by atoms with Crippen LogP contribution in [0.3, 0.4) is 0 Å². The van der Waals surface area contributed by atoms with Gasteiger partial charge in [-0.2, -0.15) is 0 Å². The van der Waals surface area contributed by atoms with Crippen LogP contribution in [0.2, 0.25) is 5.02 Å². The molecule has 0 aliphatic rings. The zero-order valence-electron chi connectivity index (χ0n) is 8.13. The van der Waals surface area contributed by atoms with Gasteiger partial charge in [0, 0.05) is 11.3 Å². The molecule has 4 heteroatoms. The Labute approximate surface area is 87.8 Å². The van der Waals surface area contributed by atoms with Crippen molar-refractivity contribution in [3.8, 4) is 5.75 Å². The molecule has 0 amide bonds. The molecule has 1 rings (SSSR count). The molecule has 3 nitrogen and oxygen atoms in total. The first kappa shape index (κ1) is 10.9. The van der Waals surface area contributed by atoms with Crippen molar-refractivity contribution in [1.29, 1.82) is 0 Å². The SMILES string of the molecule is CCOc1cc(C(C)=O)c(N)cc1Cl. The Kier molecular flexibility index (Phi) is 3.36. The molecular weight excluding hydrogens is 202 g/mol. The quantitative estimate of drug-likeness (QED) is 0.620. The molecule has 0 atom stereocenters. The van der Waals surface area contributed by atoms with Crippen molar-refractivity contribution < 1.29 is 9.53 Å². The van der Waals surface area contributed by atoms with Crippen LogP contribution in [0.4, 0.5) is 5.69 Å². The van der Waals surface area contributed by atoms with Gasteiger partial charge in [0.1, 0.15) is 5.75 Å². The van der Waals surface area contributed by atoms with Gasteiger partial charge in [-0.15, -0.1) is 0 Å². The topological polar surface area (TPSA) is 52.3 Å². The van der Waals surface area contributed by atoms with Crippen LogP contribution in [0.25, 0.3) is 0 Å². The van der Waals surface area contributed by atoms with Crippen molar-refractivity contribution in [2.75, 3.05) is 12.3 Å². The third-order valence-corrected chi connectivity index (χ3v) is 2.08. The highest BCUT2D eigenvalue weighted by Gasteiger charge is 2.10. The monoisotopic (exact) mass is 213 g/mol. The Morgan fingerprint density at radius 3 is 2.71 bits per heavy atom. The van der Waals surface area contributed by atoms with Crippen molar-refractivity contribution in [3.63, 3.8) is 0 Å². The Morgan fingerprint density at radius 2 is 2.21 bits per heavy atom. The van der Waals surface area contributed by atoms with E-state index in [-0.39, 0.29) is 5.78 Å². The van der Waals surface area contributed by atoms with Gasteiger partial charge in [-0.25, -0.2) is 0 Å². The van der Waals surface area contributed by atoms with Crippen molar-refractivity contribution in [2.24, 2.45) is 0 Å². The number of carbonyl (C=O) groups excluding carboxylic acids is 1. The Hall–Kier alpha value is -1.22. The lowest BCUT2D eigenvalue weighted by Gasteiger charge is -2.09. The maximum absolute atomic E-state index is 11.2. The molecule has 0 spiro atoms. The van der Waals surface area contributed by atoms with E-state index in [1.165, 1.54) is 13.0 Å². The lowest BCUT2D eigenvalue weighted by Crippen LogP contribution is -2.02. The van der Waals surface area contributed by atoms with Gasteiger partial charge in [0.05, 0.1) is 11.6 Å². The third-order valence-electron chi connectivity index (χ3n) is 1.78. The zero-order chi connectivity index (χ0) is 10.7. The van der Waals surface area contributed by atoms with Gasteiger partial charge in [0.15, 0.2) is 5.78 Å². The maximum Gasteiger partial charge on any atom is 0.162 e. The number of rotatable bonds is 3. The molecule has 76 valence electrons. The summed E-state index contributed by atoms with van der Waals surface area (Å²) in [6.07, 6.45) is 0. The van der Waals surface area contributed by atoms with Gasteiger partial charge in [0.25, 0.3) is 0 Å². The van der Waals surface area contributed by atoms with Gasteiger partial charge >= 0.3 is 0 Å². The molecule has 1 aromatic rings. The molecule has 0 unspecified atom stereocenters. The summed E-state index contributed by atoms with van der Waals surface area (Å²) in [4.78, 5) is 11.2. The van der Waals surface area contributed by atoms with E-state index in [0.29, 0.717) is 28.6 Å². The zero-order valence-corrected chi connectivity index (χ0v) is 8.89. The Balaban J connectivity index is 3.20. The summed E-state index contributed by atoms with van der Waals surface area (Å²) in [5.41, 5.74) is 6.45. The van der Waals surface area contributed by atoms with Gasteiger partial charge in [-0.3, -0.25) is 4.79 Å². The Morgan fingerprint density at radius 1 is 1.57 bits per heavy atom. The summed E-state index contributed by atoms with van der Waals surface area (Å²) in [6.45, 7) is 3.80. The normalized spacial score (nSPS) is 9.93. The minimum atomic E-state index is -0.0971. The van der Waals surface area contributed by atoms with Crippen molar-refractivity contribution in [2.45, 2.75) is 13.8 Å². The van der Waals surface area contributed by atoms with Crippen LogP contribution in [0.15, 0.2) is 12.1 Å². The molecule has 0 bridgehead atoms. The number of halogens is 1. The molecule has 14 heavy (non-hydrogen) atoms. The van der Waals surface area contributed by atoms with Crippen molar-refractivity contribution >= 4 is 23.1 Å². The van der Waals surface area contributed by atoms with Crippen LogP contribution in [-0.4, -0.2) is 12.4 Å². The fourth-order valence-electron chi connectivity index (χ4n) is 1.14.